The standard InChI is InChI=1S/C20H27N3O5S/c1-15(17-7-6-12-28-17)21-14-20(24)22-16-8-9-18(27-2)19(13-16)29(25,26)23-10-4-3-5-11-23/h6-9,12-13,15,21H,3-5,10-11,14H2,1-2H3,(H,22,24)/p+1/t15-/m1/s1. The lowest BCUT2D eigenvalue weighted by atomic mass is 10.2. The van der Waals surface area contributed by atoms with Crippen LogP contribution >= 0.6 is 0 Å². The number of carbonyl (C=O) groups excluding carboxylic acids is 1. The van der Waals surface area contributed by atoms with Crippen LogP contribution in [0, 0.1) is 0 Å². The summed E-state index contributed by atoms with van der Waals surface area (Å²) in [4.78, 5) is 12.4. The van der Waals surface area contributed by atoms with Crippen molar-refractivity contribution in [2.75, 3.05) is 32.1 Å². The predicted molar refractivity (Wildman–Crippen MR) is 108 cm³/mol. The van der Waals surface area contributed by atoms with Crippen LogP contribution in [0.4, 0.5) is 5.69 Å². The largest absolute Gasteiger partial charge is 0.495 e. The molecule has 9 heteroatoms. The van der Waals surface area contributed by atoms with Gasteiger partial charge in [0.05, 0.1) is 13.4 Å². The molecule has 3 N–H and O–H groups in total. The van der Waals surface area contributed by atoms with Gasteiger partial charge in [-0.05, 0) is 50.1 Å². The van der Waals surface area contributed by atoms with Crippen molar-refractivity contribution in [3.05, 3.63) is 42.4 Å². The third-order valence-electron chi connectivity index (χ3n) is 5.03. The van der Waals surface area contributed by atoms with Crippen LogP contribution in [0.1, 0.15) is 38.0 Å². The number of hydrogen-bond donors (Lipinski definition) is 2. The smallest absolute Gasteiger partial charge is 0.279 e. The predicted octanol–water partition coefficient (Wildman–Crippen LogP) is 1.73. The zero-order chi connectivity index (χ0) is 20.9. The van der Waals surface area contributed by atoms with E-state index >= 15 is 0 Å². The van der Waals surface area contributed by atoms with Crippen molar-refractivity contribution in [2.45, 2.75) is 37.1 Å². The number of nitrogens with zero attached hydrogens (tertiary/aromatic N) is 1. The van der Waals surface area contributed by atoms with E-state index in [1.165, 1.54) is 17.5 Å². The second kappa shape index (κ2) is 9.43. The molecule has 2 aromatic rings. The molecule has 0 bridgehead atoms. The van der Waals surface area contributed by atoms with Gasteiger partial charge in [0.1, 0.15) is 16.7 Å². The monoisotopic (exact) mass is 422 g/mol. The van der Waals surface area contributed by atoms with Crippen LogP contribution < -0.4 is 15.4 Å². The minimum atomic E-state index is -3.68. The van der Waals surface area contributed by atoms with E-state index < -0.39 is 10.0 Å². The number of sulfonamides is 1. The number of amides is 1. The maximum atomic E-state index is 13.1. The van der Waals surface area contributed by atoms with Gasteiger partial charge < -0.3 is 19.8 Å². The minimum absolute atomic E-state index is 0.00153. The molecule has 8 nitrogen and oxygen atoms in total. The number of anilines is 1. The van der Waals surface area contributed by atoms with Crippen molar-refractivity contribution in [3.63, 3.8) is 0 Å². The molecule has 3 rings (SSSR count). The molecule has 0 unspecified atom stereocenters. The number of furan rings is 1. The normalized spacial score (nSPS) is 16.3. The summed E-state index contributed by atoms with van der Waals surface area (Å²) < 4.78 is 38.2. The number of piperidine rings is 1. The molecule has 29 heavy (non-hydrogen) atoms. The average molecular weight is 423 g/mol. The summed E-state index contributed by atoms with van der Waals surface area (Å²) >= 11 is 0. The van der Waals surface area contributed by atoms with Crippen molar-refractivity contribution in [1.82, 2.24) is 4.31 Å². The van der Waals surface area contributed by atoms with E-state index in [-0.39, 0.29) is 29.1 Å². The Balaban J connectivity index is 1.70. The third-order valence-corrected chi connectivity index (χ3v) is 6.95. The molecule has 0 radical (unpaired) electrons. The summed E-state index contributed by atoms with van der Waals surface area (Å²) in [5, 5.41) is 4.62. The number of carbonyl (C=O) groups is 1. The lowest BCUT2D eigenvalue weighted by Gasteiger charge is -2.26. The molecule has 1 aromatic carbocycles. The lowest BCUT2D eigenvalue weighted by Crippen LogP contribution is -2.86. The van der Waals surface area contributed by atoms with Crippen LogP contribution in [0.2, 0.25) is 0 Å². The molecule has 1 aliphatic rings. The van der Waals surface area contributed by atoms with E-state index in [9.17, 15) is 13.2 Å². The Morgan fingerprint density at radius 3 is 2.69 bits per heavy atom. The Kier molecular flexibility index (Phi) is 6.94. The molecule has 1 saturated heterocycles. The van der Waals surface area contributed by atoms with E-state index in [4.69, 9.17) is 9.15 Å². The highest BCUT2D eigenvalue weighted by atomic mass is 32.2. The first-order valence-corrected chi connectivity index (χ1v) is 11.2. The van der Waals surface area contributed by atoms with E-state index in [1.807, 2.05) is 18.3 Å². The van der Waals surface area contributed by atoms with Crippen molar-refractivity contribution in [2.24, 2.45) is 0 Å². The number of quaternary nitrogens is 1. The Morgan fingerprint density at radius 1 is 1.28 bits per heavy atom. The number of rotatable bonds is 8. The quantitative estimate of drug-likeness (QED) is 0.674. The maximum Gasteiger partial charge on any atom is 0.279 e. The fourth-order valence-corrected chi connectivity index (χ4v) is 5.06. The summed E-state index contributed by atoms with van der Waals surface area (Å²) in [7, 11) is -2.24. The fourth-order valence-electron chi connectivity index (χ4n) is 3.36. The van der Waals surface area contributed by atoms with Crippen LogP contribution in [0.25, 0.3) is 0 Å². The molecule has 0 aliphatic carbocycles. The van der Waals surface area contributed by atoms with Gasteiger partial charge >= 0.3 is 0 Å². The van der Waals surface area contributed by atoms with Gasteiger partial charge in [-0.15, -0.1) is 0 Å². The van der Waals surface area contributed by atoms with Gasteiger partial charge in [0.15, 0.2) is 12.3 Å². The first-order valence-electron chi connectivity index (χ1n) is 9.76. The van der Waals surface area contributed by atoms with Crippen LogP contribution in [-0.2, 0) is 14.8 Å². The summed E-state index contributed by atoms with van der Waals surface area (Å²) in [6, 6.07) is 8.35. The molecule has 1 aromatic heterocycles. The number of hydrogen-bond acceptors (Lipinski definition) is 5. The third kappa shape index (κ3) is 5.17. The van der Waals surface area contributed by atoms with Crippen molar-refractivity contribution < 1.29 is 27.7 Å². The highest BCUT2D eigenvalue weighted by Crippen LogP contribution is 2.31. The number of methoxy groups -OCH3 is 1. The molecule has 1 amide bonds. The number of ether oxygens (including phenoxy) is 1. The summed E-state index contributed by atoms with van der Waals surface area (Å²) in [6.45, 7) is 3.13. The summed E-state index contributed by atoms with van der Waals surface area (Å²) in [5.74, 6) is 0.832. The highest BCUT2D eigenvalue weighted by Gasteiger charge is 2.29. The molecule has 1 atom stereocenters. The van der Waals surface area contributed by atoms with E-state index in [1.54, 1.807) is 24.5 Å². The molecule has 1 aliphatic heterocycles. The van der Waals surface area contributed by atoms with Gasteiger partial charge in [-0.1, -0.05) is 6.42 Å². The van der Waals surface area contributed by atoms with Gasteiger partial charge in [-0.3, -0.25) is 4.79 Å². The molecular weight excluding hydrogens is 394 g/mol. The van der Waals surface area contributed by atoms with E-state index in [0.717, 1.165) is 25.0 Å². The fraction of sp³-hybridized carbons (Fsp3) is 0.450. The van der Waals surface area contributed by atoms with Crippen LogP contribution in [0.5, 0.6) is 5.75 Å². The molecule has 158 valence electrons. The van der Waals surface area contributed by atoms with E-state index in [0.29, 0.717) is 18.8 Å². The first kappa shape index (κ1) is 21.4. The van der Waals surface area contributed by atoms with Crippen LogP contribution in [0.15, 0.2) is 45.9 Å². The van der Waals surface area contributed by atoms with Gasteiger partial charge in [-0.2, -0.15) is 4.31 Å². The minimum Gasteiger partial charge on any atom is -0.495 e. The van der Waals surface area contributed by atoms with Gasteiger partial charge in [-0.25, -0.2) is 8.42 Å². The Bertz CT molecular complexity index is 922. The van der Waals surface area contributed by atoms with Crippen molar-refractivity contribution in [1.29, 1.82) is 0 Å². The Hall–Kier alpha value is -2.36. The summed E-state index contributed by atoms with van der Waals surface area (Å²) in [5.41, 5.74) is 0.422. The molecule has 0 saturated carbocycles. The number of benzene rings is 1. The second-order valence-corrected chi connectivity index (χ2v) is 9.03. The summed E-state index contributed by atoms with van der Waals surface area (Å²) in [6.07, 6.45) is 4.33. The van der Waals surface area contributed by atoms with Crippen molar-refractivity contribution >= 4 is 21.6 Å². The first-order chi connectivity index (χ1) is 13.9. The van der Waals surface area contributed by atoms with Gasteiger partial charge in [0, 0.05) is 18.8 Å². The number of nitrogens with two attached hydrogens (primary N) is 1. The lowest BCUT2D eigenvalue weighted by molar-refractivity contribution is -0.684. The zero-order valence-electron chi connectivity index (χ0n) is 16.8. The Morgan fingerprint density at radius 2 is 2.03 bits per heavy atom. The topological polar surface area (TPSA) is 105 Å². The van der Waals surface area contributed by atoms with Gasteiger partial charge in [0.2, 0.25) is 10.0 Å². The van der Waals surface area contributed by atoms with E-state index in [2.05, 4.69) is 5.32 Å². The molecule has 2 heterocycles. The molecular formula is C20H28N3O5S+. The number of nitrogens with one attached hydrogen (secondary N) is 1. The van der Waals surface area contributed by atoms with Crippen LogP contribution in [-0.4, -0.2) is 45.4 Å². The second-order valence-electron chi connectivity index (χ2n) is 7.12. The van der Waals surface area contributed by atoms with Crippen LogP contribution in [0.3, 0.4) is 0 Å². The maximum absolute atomic E-state index is 13.1. The molecule has 0 spiro atoms. The SMILES string of the molecule is COc1ccc(NC(=O)C[NH2+][C@H](C)c2ccco2)cc1S(=O)(=O)N1CCCCC1. The van der Waals surface area contributed by atoms with Crippen molar-refractivity contribution in [3.8, 4) is 5.75 Å². The van der Waals surface area contributed by atoms with Gasteiger partial charge in [0.25, 0.3) is 5.91 Å². The highest BCUT2D eigenvalue weighted by molar-refractivity contribution is 7.89. The Labute approximate surface area is 171 Å². The zero-order valence-corrected chi connectivity index (χ0v) is 17.6. The molecule has 1 fully saturated rings. The average Bonchev–Trinajstić information content (AvgIpc) is 3.27.